The number of hydrogen-bond acceptors (Lipinski definition) is 4. The Morgan fingerprint density at radius 1 is 1.33 bits per heavy atom. The van der Waals surface area contributed by atoms with Crippen LogP contribution in [0.15, 0.2) is 35.2 Å². The third kappa shape index (κ3) is 4.10. The maximum absolute atomic E-state index is 13.0. The number of nitrogens with one attached hydrogen (secondary N) is 1. The highest BCUT2D eigenvalue weighted by Crippen LogP contribution is 2.25. The van der Waals surface area contributed by atoms with Gasteiger partial charge in [0.05, 0.1) is 11.5 Å². The molecule has 0 aliphatic carbocycles. The molecule has 0 atom stereocenters. The van der Waals surface area contributed by atoms with Crippen LogP contribution >= 0.6 is 11.3 Å². The fraction of sp³-hybridized carbons (Fsp3) is 0.286. The Hall–Kier alpha value is -1.28. The van der Waals surface area contributed by atoms with Crippen molar-refractivity contribution in [3.63, 3.8) is 0 Å². The molecule has 0 bridgehead atoms. The fourth-order valence-electron chi connectivity index (χ4n) is 1.97. The minimum Gasteiger partial charge on any atom is -0.391 e. The molecule has 1 aromatic carbocycles. The number of benzene rings is 1. The third-order valence-electron chi connectivity index (χ3n) is 2.96. The summed E-state index contributed by atoms with van der Waals surface area (Å²) in [4.78, 5) is 1.44. The van der Waals surface area contributed by atoms with Crippen molar-refractivity contribution in [2.45, 2.75) is 24.8 Å². The Balaban J connectivity index is 2.03. The van der Waals surface area contributed by atoms with E-state index in [-0.39, 0.29) is 23.9 Å². The molecule has 4 nitrogen and oxygen atoms in total. The van der Waals surface area contributed by atoms with E-state index < -0.39 is 10.0 Å². The molecule has 2 aromatic rings. The summed E-state index contributed by atoms with van der Waals surface area (Å²) in [5.41, 5.74) is 0.732. The van der Waals surface area contributed by atoms with E-state index in [0.29, 0.717) is 16.2 Å². The van der Waals surface area contributed by atoms with E-state index >= 15 is 0 Å². The molecule has 0 aliphatic heterocycles. The topological polar surface area (TPSA) is 66.4 Å². The summed E-state index contributed by atoms with van der Waals surface area (Å²) in [6.07, 6.45) is 0.410. The van der Waals surface area contributed by atoms with Crippen molar-refractivity contribution in [3.05, 3.63) is 51.5 Å². The maximum atomic E-state index is 13.0. The molecule has 0 spiro atoms. The summed E-state index contributed by atoms with van der Waals surface area (Å²) in [6, 6.07) is 7.55. The van der Waals surface area contributed by atoms with Crippen LogP contribution in [0.2, 0.25) is 0 Å². The highest BCUT2D eigenvalue weighted by molar-refractivity contribution is 7.89. The van der Waals surface area contributed by atoms with Crippen LogP contribution < -0.4 is 4.72 Å². The van der Waals surface area contributed by atoms with Gasteiger partial charge in [0, 0.05) is 16.3 Å². The molecule has 0 saturated carbocycles. The molecule has 114 valence electrons. The lowest BCUT2D eigenvalue weighted by Gasteiger charge is -2.06. The average Bonchev–Trinajstić information content (AvgIpc) is 2.81. The van der Waals surface area contributed by atoms with Crippen LogP contribution in [0.1, 0.15) is 15.3 Å². The Bertz CT molecular complexity index is 726. The molecular formula is C14H16FNO3S2. The molecule has 0 fully saturated rings. The maximum Gasteiger partial charge on any atom is 0.241 e. The van der Waals surface area contributed by atoms with Crippen molar-refractivity contribution in [1.29, 1.82) is 0 Å². The Morgan fingerprint density at radius 2 is 2.10 bits per heavy atom. The predicted molar refractivity (Wildman–Crippen MR) is 80.3 cm³/mol. The second kappa shape index (κ2) is 6.65. The third-order valence-corrected chi connectivity index (χ3v) is 5.72. The van der Waals surface area contributed by atoms with Crippen molar-refractivity contribution in [2.24, 2.45) is 0 Å². The van der Waals surface area contributed by atoms with Crippen molar-refractivity contribution in [3.8, 4) is 0 Å². The summed E-state index contributed by atoms with van der Waals surface area (Å²) in [7, 11) is -3.60. The molecule has 2 rings (SSSR count). The van der Waals surface area contributed by atoms with Crippen LogP contribution in [-0.4, -0.2) is 20.1 Å². The first kappa shape index (κ1) is 16.1. The van der Waals surface area contributed by atoms with Crippen molar-refractivity contribution >= 4 is 21.4 Å². The number of sulfonamides is 1. The van der Waals surface area contributed by atoms with Crippen LogP contribution in [0.4, 0.5) is 4.39 Å². The first-order valence-electron chi connectivity index (χ1n) is 6.36. The van der Waals surface area contributed by atoms with E-state index in [1.807, 2.05) is 0 Å². The minimum absolute atomic E-state index is 0.176. The van der Waals surface area contributed by atoms with E-state index in [2.05, 4.69) is 4.72 Å². The van der Waals surface area contributed by atoms with E-state index in [1.54, 1.807) is 19.1 Å². The highest BCUT2D eigenvalue weighted by atomic mass is 32.2. The molecule has 1 aromatic heterocycles. The minimum atomic E-state index is -3.60. The molecule has 0 saturated heterocycles. The second-order valence-corrected chi connectivity index (χ2v) is 7.65. The van der Waals surface area contributed by atoms with Gasteiger partial charge in [0.2, 0.25) is 10.0 Å². The molecule has 0 amide bonds. The average molecular weight is 329 g/mol. The fourth-order valence-corrected chi connectivity index (χ4v) is 4.49. The first-order valence-corrected chi connectivity index (χ1v) is 8.66. The zero-order valence-electron chi connectivity index (χ0n) is 11.5. The van der Waals surface area contributed by atoms with Crippen molar-refractivity contribution in [1.82, 2.24) is 4.72 Å². The number of aliphatic hydroxyl groups is 1. The smallest absolute Gasteiger partial charge is 0.241 e. The summed E-state index contributed by atoms with van der Waals surface area (Å²) in [6.45, 7) is 1.71. The predicted octanol–water partition coefficient (Wildman–Crippen LogP) is 2.21. The number of rotatable bonds is 6. The van der Waals surface area contributed by atoms with Gasteiger partial charge in [0.15, 0.2) is 0 Å². The Labute approximate surface area is 127 Å². The second-order valence-electron chi connectivity index (χ2n) is 4.57. The molecule has 0 unspecified atom stereocenters. The van der Waals surface area contributed by atoms with E-state index in [9.17, 15) is 12.8 Å². The molecule has 0 radical (unpaired) electrons. The van der Waals surface area contributed by atoms with Gasteiger partial charge in [-0.15, -0.1) is 11.3 Å². The molecule has 7 heteroatoms. The zero-order valence-corrected chi connectivity index (χ0v) is 13.1. The summed E-state index contributed by atoms with van der Waals surface area (Å²) in [5.74, 6) is -0.336. The molecule has 1 heterocycles. The lowest BCUT2D eigenvalue weighted by atomic mass is 10.1. The Morgan fingerprint density at radius 3 is 2.71 bits per heavy atom. The van der Waals surface area contributed by atoms with Gasteiger partial charge in [0.25, 0.3) is 0 Å². The van der Waals surface area contributed by atoms with Crippen molar-refractivity contribution in [2.75, 3.05) is 6.54 Å². The van der Waals surface area contributed by atoms with Gasteiger partial charge in [-0.1, -0.05) is 12.1 Å². The number of hydrogen-bond donors (Lipinski definition) is 2. The van der Waals surface area contributed by atoms with Crippen LogP contribution in [0.5, 0.6) is 0 Å². The zero-order chi connectivity index (χ0) is 15.5. The lowest BCUT2D eigenvalue weighted by molar-refractivity contribution is 0.285. The van der Waals surface area contributed by atoms with Gasteiger partial charge in [0.1, 0.15) is 5.82 Å². The van der Waals surface area contributed by atoms with Gasteiger partial charge in [-0.05, 0) is 37.1 Å². The number of aliphatic hydroxyl groups excluding tert-OH is 1. The van der Waals surface area contributed by atoms with E-state index in [1.165, 1.54) is 29.5 Å². The van der Waals surface area contributed by atoms with Gasteiger partial charge < -0.3 is 5.11 Å². The van der Waals surface area contributed by atoms with Crippen LogP contribution in [0.3, 0.4) is 0 Å². The largest absolute Gasteiger partial charge is 0.391 e. The van der Waals surface area contributed by atoms with E-state index in [4.69, 9.17) is 5.11 Å². The molecule has 0 aliphatic rings. The molecule has 21 heavy (non-hydrogen) atoms. The lowest BCUT2D eigenvalue weighted by Crippen LogP contribution is -2.26. The number of halogens is 1. The van der Waals surface area contributed by atoms with Crippen LogP contribution in [0, 0.1) is 12.7 Å². The van der Waals surface area contributed by atoms with Gasteiger partial charge in [-0.2, -0.15) is 0 Å². The van der Waals surface area contributed by atoms with Gasteiger partial charge >= 0.3 is 0 Å². The van der Waals surface area contributed by atoms with Crippen molar-refractivity contribution < 1.29 is 17.9 Å². The summed E-state index contributed by atoms with van der Waals surface area (Å²) in [5, 5.41) is 9.05. The van der Waals surface area contributed by atoms with Gasteiger partial charge in [-0.3, -0.25) is 0 Å². The highest BCUT2D eigenvalue weighted by Gasteiger charge is 2.19. The quantitative estimate of drug-likeness (QED) is 0.854. The summed E-state index contributed by atoms with van der Waals surface area (Å²) < 4.78 is 39.9. The Kier molecular flexibility index (Phi) is 5.10. The molecular weight excluding hydrogens is 313 g/mol. The first-order chi connectivity index (χ1) is 9.92. The molecule has 2 N–H and O–H groups in total. The summed E-state index contributed by atoms with van der Waals surface area (Å²) >= 11 is 1.25. The van der Waals surface area contributed by atoms with E-state index in [0.717, 1.165) is 5.56 Å². The number of thiophene rings is 1. The monoisotopic (exact) mass is 329 g/mol. The standard InChI is InChI=1S/C14H16FNO3S2/c1-10-14(8-13(9-17)20-10)21(18,19)16-6-5-11-3-2-4-12(15)7-11/h2-4,7-8,16-17H,5-6,9H2,1H3. The number of aryl methyl sites for hydroxylation is 1. The van der Waals surface area contributed by atoms with Crippen LogP contribution in [-0.2, 0) is 23.1 Å². The van der Waals surface area contributed by atoms with Gasteiger partial charge in [-0.25, -0.2) is 17.5 Å². The van der Waals surface area contributed by atoms with Crippen LogP contribution in [0.25, 0.3) is 0 Å². The SMILES string of the molecule is Cc1sc(CO)cc1S(=O)(=O)NCCc1cccc(F)c1. The normalized spacial score (nSPS) is 11.8.